The average molecular weight is 529 g/mol. The molecule has 1 saturated heterocycles. The number of hydrogen-bond donors (Lipinski definition) is 2. The van der Waals surface area contributed by atoms with Gasteiger partial charge in [-0.25, -0.2) is 0 Å². The maximum Gasteiger partial charge on any atom is 0.309 e. The number of anilines is 1. The summed E-state index contributed by atoms with van der Waals surface area (Å²) in [5, 5.41) is 6.54. The highest BCUT2D eigenvalue weighted by Crippen LogP contribution is 2.33. The topological polar surface area (TPSA) is 92.7 Å². The van der Waals surface area contributed by atoms with E-state index in [-0.39, 0.29) is 17.6 Å². The predicted octanol–water partition coefficient (Wildman–Crippen LogP) is 4.56. The Balaban J connectivity index is 1.28. The Labute approximate surface area is 229 Å². The Morgan fingerprint density at radius 3 is 2.38 bits per heavy atom. The van der Waals surface area contributed by atoms with Gasteiger partial charge in [-0.2, -0.15) is 0 Å². The zero-order chi connectivity index (χ0) is 27.6. The van der Waals surface area contributed by atoms with Crippen molar-refractivity contribution in [1.82, 2.24) is 14.8 Å². The number of para-hydroxylation sites is 2. The van der Waals surface area contributed by atoms with Crippen LogP contribution in [0.4, 0.5) is 5.69 Å². The van der Waals surface area contributed by atoms with Gasteiger partial charge in [-0.05, 0) is 77.9 Å². The van der Waals surface area contributed by atoms with E-state index in [4.69, 9.17) is 4.74 Å². The first-order valence-electron chi connectivity index (χ1n) is 13.6. The summed E-state index contributed by atoms with van der Waals surface area (Å²) in [4.78, 5) is 40.5. The Hall–Kier alpha value is -3.91. The summed E-state index contributed by atoms with van der Waals surface area (Å²) in [6.45, 7) is 9.18. The van der Waals surface area contributed by atoms with Crippen LogP contribution in [0.3, 0.4) is 0 Å². The minimum absolute atomic E-state index is 0.0244. The molecule has 2 aliphatic heterocycles. The molecule has 0 atom stereocenters. The number of fused-ring (bicyclic) bond motifs is 1. The number of hydrogen-bond acceptors (Lipinski definition) is 6. The Kier molecular flexibility index (Phi) is 7.57. The molecule has 2 amide bonds. The number of carbonyl (C=O) groups is 3. The van der Waals surface area contributed by atoms with Crippen molar-refractivity contribution in [2.75, 3.05) is 25.0 Å². The van der Waals surface area contributed by atoms with Crippen LogP contribution in [0.2, 0.25) is 0 Å². The van der Waals surface area contributed by atoms with Crippen molar-refractivity contribution < 1.29 is 19.1 Å². The molecule has 8 heteroatoms. The van der Waals surface area contributed by atoms with Gasteiger partial charge in [-0.15, -0.1) is 0 Å². The van der Waals surface area contributed by atoms with E-state index in [9.17, 15) is 14.4 Å². The third-order valence-electron chi connectivity index (χ3n) is 7.23. The molecule has 39 heavy (non-hydrogen) atoms. The Morgan fingerprint density at radius 1 is 0.974 bits per heavy atom. The van der Waals surface area contributed by atoms with E-state index in [1.54, 1.807) is 0 Å². The SMILES string of the molecule is CC(C)(C)OC(=O)C1CCN(CCCn2cc(C3=C(Nc4ccccc4)C(=O)NC3=O)c3ccccc32)CC1. The summed E-state index contributed by atoms with van der Waals surface area (Å²) in [7, 11) is 0. The molecule has 0 bridgehead atoms. The molecule has 3 heterocycles. The van der Waals surface area contributed by atoms with E-state index in [0.29, 0.717) is 5.57 Å². The number of piperidine rings is 1. The first kappa shape index (κ1) is 26.7. The lowest BCUT2D eigenvalue weighted by Gasteiger charge is -2.32. The highest BCUT2D eigenvalue weighted by molar-refractivity contribution is 6.38. The van der Waals surface area contributed by atoms with Crippen molar-refractivity contribution in [3.05, 3.63) is 72.1 Å². The van der Waals surface area contributed by atoms with Crippen molar-refractivity contribution in [1.29, 1.82) is 0 Å². The van der Waals surface area contributed by atoms with Gasteiger partial charge < -0.3 is 19.5 Å². The smallest absolute Gasteiger partial charge is 0.309 e. The standard InChI is InChI=1S/C31H36N4O4/c1-31(2,3)39-30(38)21-14-18-34(19-15-21)16-9-17-35-20-24(23-12-7-8-13-25(23)35)26-27(29(37)33-28(26)36)32-22-10-5-4-6-11-22/h4-8,10-13,20-21H,9,14-19H2,1-3H3,(H2,32,33,36,37). The third kappa shape index (κ3) is 6.06. The molecule has 2 aliphatic rings. The van der Waals surface area contributed by atoms with Gasteiger partial charge in [0.1, 0.15) is 11.3 Å². The van der Waals surface area contributed by atoms with E-state index in [2.05, 4.69) is 20.1 Å². The molecule has 5 rings (SSSR count). The number of nitrogens with zero attached hydrogens (tertiary/aromatic N) is 2. The largest absolute Gasteiger partial charge is 0.460 e. The quantitative estimate of drug-likeness (QED) is 0.329. The van der Waals surface area contributed by atoms with Crippen LogP contribution in [0.1, 0.15) is 45.6 Å². The summed E-state index contributed by atoms with van der Waals surface area (Å²) in [6.07, 6.45) is 4.55. The van der Waals surface area contributed by atoms with E-state index in [0.717, 1.165) is 67.6 Å². The third-order valence-corrected chi connectivity index (χ3v) is 7.23. The highest BCUT2D eigenvalue weighted by atomic mass is 16.6. The number of esters is 1. The number of carbonyl (C=O) groups excluding carboxylic acids is 3. The highest BCUT2D eigenvalue weighted by Gasteiger charge is 2.33. The van der Waals surface area contributed by atoms with Crippen LogP contribution in [-0.2, 0) is 25.7 Å². The summed E-state index contributed by atoms with van der Waals surface area (Å²) in [6, 6.07) is 17.4. The number of imide groups is 1. The van der Waals surface area contributed by atoms with E-state index in [1.807, 2.05) is 81.6 Å². The summed E-state index contributed by atoms with van der Waals surface area (Å²) < 4.78 is 7.74. The van der Waals surface area contributed by atoms with Crippen LogP contribution < -0.4 is 10.6 Å². The molecule has 0 aliphatic carbocycles. The van der Waals surface area contributed by atoms with Crippen LogP contribution in [0.25, 0.3) is 16.5 Å². The molecule has 2 N–H and O–H groups in total. The maximum atomic E-state index is 12.9. The van der Waals surface area contributed by atoms with Gasteiger partial charge in [0.25, 0.3) is 11.8 Å². The van der Waals surface area contributed by atoms with Crippen molar-refractivity contribution >= 4 is 39.9 Å². The monoisotopic (exact) mass is 528 g/mol. The van der Waals surface area contributed by atoms with Crippen molar-refractivity contribution in [2.24, 2.45) is 5.92 Å². The lowest BCUT2D eigenvalue weighted by atomic mass is 9.96. The van der Waals surface area contributed by atoms with E-state index >= 15 is 0 Å². The summed E-state index contributed by atoms with van der Waals surface area (Å²) in [5.41, 5.74) is 2.69. The molecule has 204 valence electrons. The molecular formula is C31H36N4O4. The van der Waals surface area contributed by atoms with Gasteiger partial charge >= 0.3 is 5.97 Å². The number of aryl methyl sites for hydroxylation is 1. The van der Waals surface area contributed by atoms with Crippen molar-refractivity contribution in [3.8, 4) is 0 Å². The van der Waals surface area contributed by atoms with Gasteiger partial charge in [0.15, 0.2) is 0 Å². The first-order chi connectivity index (χ1) is 18.7. The lowest BCUT2D eigenvalue weighted by molar-refractivity contribution is -0.161. The number of nitrogens with one attached hydrogen (secondary N) is 2. The minimum atomic E-state index is -0.451. The van der Waals surface area contributed by atoms with Crippen LogP contribution in [-0.4, -0.2) is 52.5 Å². The number of rotatable bonds is 8. The molecule has 1 aromatic heterocycles. The molecule has 3 aromatic rings. The second kappa shape index (κ2) is 11.1. The average Bonchev–Trinajstić information content (AvgIpc) is 3.39. The lowest BCUT2D eigenvalue weighted by Crippen LogP contribution is -2.39. The second-order valence-electron chi connectivity index (χ2n) is 11.3. The van der Waals surface area contributed by atoms with Gasteiger partial charge in [0, 0.05) is 34.9 Å². The summed E-state index contributed by atoms with van der Waals surface area (Å²) in [5.74, 6) is -0.929. The van der Waals surface area contributed by atoms with Gasteiger partial charge in [0.2, 0.25) is 0 Å². The Morgan fingerprint density at radius 2 is 1.67 bits per heavy atom. The van der Waals surface area contributed by atoms with Crippen molar-refractivity contribution in [2.45, 2.75) is 52.2 Å². The number of amides is 2. The fraction of sp³-hybridized carbons (Fsp3) is 0.387. The van der Waals surface area contributed by atoms with Crippen molar-refractivity contribution in [3.63, 3.8) is 0 Å². The van der Waals surface area contributed by atoms with Crippen LogP contribution in [0, 0.1) is 5.92 Å². The molecule has 0 spiro atoms. The molecular weight excluding hydrogens is 492 g/mol. The maximum absolute atomic E-state index is 12.9. The molecule has 0 saturated carbocycles. The summed E-state index contributed by atoms with van der Waals surface area (Å²) >= 11 is 0. The van der Waals surface area contributed by atoms with Crippen LogP contribution in [0.15, 0.2) is 66.5 Å². The normalized spacial score (nSPS) is 17.1. The molecule has 0 radical (unpaired) electrons. The predicted molar refractivity (Wildman–Crippen MR) is 152 cm³/mol. The number of benzene rings is 2. The zero-order valence-corrected chi connectivity index (χ0v) is 22.8. The fourth-order valence-corrected chi connectivity index (χ4v) is 5.37. The van der Waals surface area contributed by atoms with Gasteiger partial charge in [-0.3, -0.25) is 19.7 Å². The van der Waals surface area contributed by atoms with Gasteiger partial charge in [0.05, 0.1) is 11.5 Å². The molecule has 0 unspecified atom stereocenters. The van der Waals surface area contributed by atoms with E-state index < -0.39 is 17.4 Å². The molecule has 2 aromatic carbocycles. The van der Waals surface area contributed by atoms with Crippen LogP contribution in [0.5, 0.6) is 0 Å². The van der Waals surface area contributed by atoms with Gasteiger partial charge in [-0.1, -0.05) is 36.4 Å². The number of aromatic nitrogens is 1. The second-order valence-corrected chi connectivity index (χ2v) is 11.3. The zero-order valence-electron chi connectivity index (χ0n) is 22.8. The molecule has 1 fully saturated rings. The fourth-order valence-electron chi connectivity index (χ4n) is 5.37. The minimum Gasteiger partial charge on any atom is -0.460 e. The van der Waals surface area contributed by atoms with Crippen LogP contribution >= 0.6 is 0 Å². The number of likely N-dealkylation sites (tertiary alicyclic amines) is 1. The first-order valence-corrected chi connectivity index (χ1v) is 13.6. The Bertz CT molecular complexity index is 1410. The van der Waals surface area contributed by atoms with E-state index in [1.165, 1.54) is 0 Å². The molecule has 8 nitrogen and oxygen atoms in total. The number of ether oxygens (including phenoxy) is 1.